The van der Waals surface area contributed by atoms with Crippen molar-refractivity contribution < 1.29 is 5.11 Å². The van der Waals surface area contributed by atoms with Gasteiger partial charge in [0, 0.05) is 0 Å². The summed E-state index contributed by atoms with van der Waals surface area (Å²) in [5, 5.41) is 9.67. The molecule has 0 radical (unpaired) electrons. The minimum absolute atomic E-state index is 0.111. The van der Waals surface area contributed by atoms with E-state index < -0.39 is 0 Å². The number of hydrogen-bond acceptors (Lipinski definition) is 1. The van der Waals surface area contributed by atoms with Crippen molar-refractivity contribution in [2.24, 2.45) is 5.92 Å². The van der Waals surface area contributed by atoms with E-state index in [0.717, 1.165) is 31.1 Å². The summed E-state index contributed by atoms with van der Waals surface area (Å²) < 4.78 is 0. The van der Waals surface area contributed by atoms with Crippen molar-refractivity contribution in [3.63, 3.8) is 0 Å². The molecule has 1 aromatic rings. The SMILES string of the molecule is CC1CCC(c2ccc3c(c2)CCC(O)C3)C1. The number of fused-ring (bicyclic) bond motifs is 1. The number of aliphatic hydroxyl groups is 1. The fourth-order valence-electron chi connectivity index (χ4n) is 3.52. The normalized spacial score (nSPS) is 32.5. The second-order valence-electron chi connectivity index (χ2n) is 6.04. The number of aryl methyl sites for hydroxylation is 1. The molecular weight excluding hydrogens is 208 g/mol. The maximum atomic E-state index is 9.67. The van der Waals surface area contributed by atoms with E-state index in [4.69, 9.17) is 0 Å². The fraction of sp³-hybridized carbons (Fsp3) is 0.625. The Bertz CT molecular complexity index is 410. The third-order valence-electron chi connectivity index (χ3n) is 4.60. The number of benzene rings is 1. The Hall–Kier alpha value is -0.820. The predicted octanol–water partition coefficient (Wildman–Crippen LogP) is 3.44. The summed E-state index contributed by atoms with van der Waals surface area (Å²) in [7, 11) is 0. The summed E-state index contributed by atoms with van der Waals surface area (Å²) in [4.78, 5) is 0. The van der Waals surface area contributed by atoms with Gasteiger partial charge in [-0.2, -0.15) is 0 Å². The lowest BCUT2D eigenvalue weighted by Gasteiger charge is -2.22. The zero-order valence-corrected chi connectivity index (χ0v) is 10.7. The van der Waals surface area contributed by atoms with Gasteiger partial charge in [-0.25, -0.2) is 0 Å². The van der Waals surface area contributed by atoms with Crippen LogP contribution in [0, 0.1) is 5.92 Å². The van der Waals surface area contributed by atoms with Crippen LogP contribution in [0.1, 0.15) is 55.2 Å². The monoisotopic (exact) mass is 230 g/mol. The van der Waals surface area contributed by atoms with Gasteiger partial charge in [0.1, 0.15) is 0 Å². The summed E-state index contributed by atoms with van der Waals surface area (Å²) in [6.45, 7) is 2.37. The third kappa shape index (κ3) is 2.26. The van der Waals surface area contributed by atoms with Crippen molar-refractivity contribution in [3.05, 3.63) is 34.9 Å². The topological polar surface area (TPSA) is 20.2 Å². The molecule has 1 aromatic carbocycles. The van der Waals surface area contributed by atoms with Crippen LogP contribution in [-0.4, -0.2) is 11.2 Å². The van der Waals surface area contributed by atoms with Crippen LogP contribution in [0.4, 0.5) is 0 Å². The van der Waals surface area contributed by atoms with Gasteiger partial charge in [0.25, 0.3) is 0 Å². The van der Waals surface area contributed by atoms with Crippen LogP contribution in [0.3, 0.4) is 0 Å². The number of rotatable bonds is 1. The molecule has 1 nitrogen and oxygen atoms in total. The maximum absolute atomic E-state index is 9.67. The van der Waals surface area contributed by atoms with Gasteiger partial charge >= 0.3 is 0 Å². The smallest absolute Gasteiger partial charge is 0.0583 e. The summed E-state index contributed by atoms with van der Waals surface area (Å²) >= 11 is 0. The van der Waals surface area contributed by atoms with Crippen LogP contribution in [0.25, 0.3) is 0 Å². The molecule has 0 heterocycles. The van der Waals surface area contributed by atoms with E-state index in [1.54, 1.807) is 5.56 Å². The van der Waals surface area contributed by atoms with E-state index in [-0.39, 0.29) is 6.10 Å². The molecule has 1 saturated carbocycles. The van der Waals surface area contributed by atoms with Crippen molar-refractivity contribution >= 4 is 0 Å². The van der Waals surface area contributed by atoms with Gasteiger partial charge in [-0.1, -0.05) is 31.5 Å². The van der Waals surface area contributed by atoms with Gasteiger partial charge in [-0.3, -0.25) is 0 Å². The van der Waals surface area contributed by atoms with Gasteiger partial charge in [0.2, 0.25) is 0 Å². The Balaban J connectivity index is 1.83. The molecule has 2 aliphatic rings. The largest absolute Gasteiger partial charge is 0.393 e. The molecule has 1 heteroatoms. The summed E-state index contributed by atoms with van der Waals surface area (Å²) in [6.07, 6.45) is 6.87. The van der Waals surface area contributed by atoms with Gasteiger partial charge in [0.15, 0.2) is 0 Å². The molecule has 0 spiro atoms. The van der Waals surface area contributed by atoms with Crippen molar-refractivity contribution in [2.45, 2.75) is 57.5 Å². The lowest BCUT2D eigenvalue weighted by molar-refractivity contribution is 0.158. The molecule has 3 rings (SSSR count). The summed E-state index contributed by atoms with van der Waals surface area (Å²) in [5.74, 6) is 1.69. The lowest BCUT2D eigenvalue weighted by atomic mass is 9.86. The highest BCUT2D eigenvalue weighted by Gasteiger charge is 2.24. The zero-order valence-electron chi connectivity index (χ0n) is 10.7. The first kappa shape index (κ1) is 11.3. The molecule has 0 saturated heterocycles. The predicted molar refractivity (Wildman–Crippen MR) is 70.2 cm³/mol. The van der Waals surface area contributed by atoms with Crippen LogP contribution in [0.15, 0.2) is 18.2 Å². The lowest BCUT2D eigenvalue weighted by Crippen LogP contribution is -2.18. The average Bonchev–Trinajstić information content (AvgIpc) is 2.75. The van der Waals surface area contributed by atoms with E-state index >= 15 is 0 Å². The summed E-state index contributed by atoms with van der Waals surface area (Å²) in [5.41, 5.74) is 4.41. The highest BCUT2D eigenvalue weighted by atomic mass is 16.3. The second-order valence-corrected chi connectivity index (χ2v) is 6.04. The van der Waals surface area contributed by atoms with Crippen molar-refractivity contribution in [1.29, 1.82) is 0 Å². The second kappa shape index (κ2) is 4.45. The molecule has 2 aliphatic carbocycles. The van der Waals surface area contributed by atoms with Crippen LogP contribution < -0.4 is 0 Å². The Morgan fingerprint density at radius 2 is 2.00 bits per heavy atom. The molecule has 17 heavy (non-hydrogen) atoms. The molecular formula is C16H22O. The van der Waals surface area contributed by atoms with Crippen molar-refractivity contribution in [1.82, 2.24) is 0 Å². The molecule has 0 amide bonds. The van der Waals surface area contributed by atoms with E-state index in [0.29, 0.717) is 0 Å². The molecule has 92 valence electrons. The van der Waals surface area contributed by atoms with E-state index in [1.165, 1.54) is 30.4 Å². The van der Waals surface area contributed by atoms with Gasteiger partial charge < -0.3 is 5.11 Å². The van der Waals surface area contributed by atoms with E-state index in [2.05, 4.69) is 25.1 Å². The summed E-state index contributed by atoms with van der Waals surface area (Å²) in [6, 6.07) is 6.99. The minimum atomic E-state index is -0.111. The molecule has 0 aliphatic heterocycles. The molecule has 0 aromatic heterocycles. The Morgan fingerprint density at radius 1 is 1.12 bits per heavy atom. The minimum Gasteiger partial charge on any atom is -0.393 e. The van der Waals surface area contributed by atoms with Crippen molar-refractivity contribution in [3.8, 4) is 0 Å². The van der Waals surface area contributed by atoms with Gasteiger partial charge in [-0.15, -0.1) is 0 Å². The van der Waals surface area contributed by atoms with Crippen LogP contribution in [0.2, 0.25) is 0 Å². The number of aliphatic hydroxyl groups excluding tert-OH is 1. The van der Waals surface area contributed by atoms with E-state index in [9.17, 15) is 5.11 Å². The first-order valence-electron chi connectivity index (χ1n) is 7.02. The zero-order chi connectivity index (χ0) is 11.8. The molecule has 0 bridgehead atoms. The molecule has 3 unspecified atom stereocenters. The highest BCUT2D eigenvalue weighted by molar-refractivity contribution is 5.36. The number of hydrogen-bond donors (Lipinski definition) is 1. The Kier molecular flexibility index (Phi) is 2.96. The maximum Gasteiger partial charge on any atom is 0.0583 e. The Morgan fingerprint density at radius 3 is 2.76 bits per heavy atom. The fourth-order valence-corrected chi connectivity index (χ4v) is 3.52. The molecule has 3 atom stereocenters. The van der Waals surface area contributed by atoms with Crippen LogP contribution in [0.5, 0.6) is 0 Å². The van der Waals surface area contributed by atoms with Gasteiger partial charge in [-0.05, 0) is 60.6 Å². The van der Waals surface area contributed by atoms with Crippen LogP contribution >= 0.6 is 0 Å². The standard InChI is InChI=1S/C16H22O/c1-11-2-3-12(8-11)13-4-5-15-10-16(17)7-6-14(15)9-13/h4-5,9,11-12,16-17H,2-3,6-8,10H2,1H3. The van der Waals surface area contributed by atoms with Crippen molar-refractivity contribution in [2.75, 3.05) is 0 Å². The van der Waals surface area contributed by atoms with Crippen LogP contribution in [-0.2, 0) is 12.8 Å². The molecule has 1 fully saturated rings. The first-order valence-corrected chi connectivity index (χ1v) is 7.02. The van der Waals surface area contributed by atoms with Gasteiger partial charge in [0.05, 0.1) is 6.10 Å². The quantitative estimate of drug-likeness (QED) is 0.783. The highest BCUT2D eigenvalue weighted by Crippen LogP contribution is 2.39. The first-order chi connectivity index (χ1) is 8.22. The van der Waals surface area contributed by atoms with E-state index in [1.807, 2.05) is 0 Å². The third-order valence-corrected chi connectivity index (χ3v) is 4.60. The Labute approximate surface area is 104 Å². The molecule has 1 N–H and O–H groups in total. The average molecular weight is 230 g/mol.